The number of aryl methyl sites for hydroxylation is 1. The summed E-state index contributed by atoms with van der Waals surface area (Å²) in [4.78, 5) is 11.8. The minimum atomic E-state index is -4.77. The summed E-state index contributed by atoms with van der Waals surface area (Å²) in [6.07, 6.45) is -3.80. The number of hydrogen-bond acceptors (Lipinski definition) is 4. The molecule has 12 heteroatoms. The zero-order chi connectivity index (χ0) is 21.3. The number of nitriles is 1. The fraction of sp³-hybridized carbons (Fsp3) is 0.250. The van der Waals surface area contributed by atoms with Crippen LogP contribution in [-0.4, -0.2) is 31.1 Å². The molecule has 1 amide bonds. The highest BCUT2D eigenvalue weighted by molar-refractivity contribution is 7.89. The molecule has 1 aromatic heterocycles. The highest BCUT2D eigenvalue weighted by atomic mass is 32.2. The molecular weight excluding hydrogens is 404 g/mol. The average Bonchev–Trinajstić information content (AvgIpc) is 2.98. The van der Waals surface area contributed by atoms with Crippen molar-refractivity contribution in [3.05, 3.63) is 47.5 Å². The van der Waals surface area contributed by atoms with E-state index in [1.165, 1.54) is 17.8 Å². The van der Waals surface area contributed by atoms with Crippen LogP contribution in [0.15, 0.2) is 35.4 Å². The second kappa shape index (κ2) is 7.61. The molecule has 2 aromatic rings. The molecule has 28 heavy (non-hydrogen) atoms. The standard InChI is InChI=1S/C16H14F4N4O3S/c1-9(16(18,19)20)23-28(26,27)12-6-14(24(2)8-12)15(25)22-11-3-4-13(17)10(5-11)7-21/h3-6,8-9,23H,1-2H3,(H,22,25)/t9-/m0/s1. The number of sulfonamides is 1. The molecule has 1 atom stereocenters. The molecule has 0 unspecified atom stereocenters. The van der Waals surface area contributed by atoms with Crippen molar-refractivity contribution in [1.82, 2.24) is 9.29 Å². The zero-order valence-corrected chi connectivity index (χ0v) is 15.3. The Kier molecular flexibility index (Phi) is 5.81. The smallest absolute Gasteiger partial charge is 0.345 e. The molecule has 0 aliphatic carbocycles. The largest absolute Gasteiger partial charge is 0.404 e. The fourth-order valence-electron chi connectivity index (χ4n) is 2.16. The van der Waals surface area contributed by atoms with Crippen molar-refractivity contribution in [2.45, 2.75) is 24.0 Å². The van der Waals surface area contributed by atoms with E-state index in [9.17, 15) is 30.8 Å². The average molecular weight is 418 g/mol. The molecule has 2 N–H and O–H groups in total. The van der Waals surface area contributed by atoms with Crippen molar-refractivity contribution in [3.63, 3.8) is 0 Å². The van der Waals surface area contributed by atoms with Gasteiger partial charge in [0.15, 0.2) is 0 Å². The van der Waals surface area contributed by atoms with Crippen LogP contribution in [0.2, 0.25) is 0 Å². The van der Waals surface area contributed by atoms with Gasteiger partial charge in [-0.25, -0.2) is 12.8 Å². The second-order valence-corrected chi connectivity index (χ2v) is 7.53. The van der Waals surface area contributed by atoms with Gasteiger partial charge in [-0.05, 0) is 31.2 Å². The van der Waals surface area contributed by atoms with Crippen LogP contribution in [0.1, 0.15) is 23.0 Å². The maximum Gasteiger partial charge on any atom is 0.404 e. The summed E-state index contributed by atoms with van der Waals surface area (Å²) < 4.78 is 77.9. The van der Waals surface area contributed by atoms with Crippen LogP contribution in [0, 0.1) is 17.1 Å². The number of halogens is 4. The van der Waals surface area contributed by atoms with Crippen LogP contribution in [0.4, 0.5) is 23.2 Å². The maximum absolute atomic E-state index is 13.3. The van der Waals surface area contributed by atoms with Crippen molar-refractivity contribution in [1.29, 1.82) is 5.26 Å². The Bertz CT molecular complexity index is 1050. The van der Waals surface area contributed by atoms with Gasteiger partial charge in [-0.3, -0.25) is 4.79 Å². The summed E-state index contributed by atoms with van der Waals surface area (Å²) in [6.45, 7) is 0.648. The van der Waals surface area contributed by atoms with E-state index in [1.54, 1.807) is 6.07 Å². The predicted molar refractivity (Wildman–Crippen MR) is 90.3 cm³/mol. The number of rotatable bonds is 5. The molecule has 1 aromatic carbocycles. The van der Waals surface area contributed by atoms with Gasteiger partial charge in [0, 0.05) is 18.9 Å². The topological polar surface area (TPSA) is 104 Å². The van der Waals surface area contributed by atoms with Crippen LogP contribution in [-0.2, 0) is 17.1 Å². The molecule has 0 saturated heterocycles. The quantitative estimate of drug-likeness (QED) is 0.728. The minimum absolute atomic E-state index is 0.0809. The number of alkyl halides is 3. The molecule has 0 aliphatic heterocycles. The first-order chi connectivity index (χ1) is 12.8. The molecule has 2 rings (SSSR count). The van der Waals surface area contributed by atoms with E-state index >= 15 is 0 Å². The minimum Gasteiger partial charge on any atom is -0.345 e. The number of amides is 1. The Morgan fingerprint density at radius 1 is 1.29 bits per heavy atom. The van der Waals surface area contributed by atoms with Gasteiger partial charge in [-0.15, -0.1) is 0 Å². The lowest BCUT2D eigenvalue weighted by Gasteiger charge is -2.16. The Morgan fingerprint density at radius 3 is 2.50 bits per heavy atom. The van der Waals surface area contributed by atoms with Crippen molar-refractivity contribution in [2.24, 2.45) is 7.05 Å². The number of nitrogens with zero attached hydrogens (tertiary/aromatic N) is 2. The van der Waals surface area contributed by atoms with E-state index in [0.717, 1.165) is 29.0 Å². The Labute approximate surface area is 157 Å². The first-order valence-electron chi connectivity index (χ1n) is 7.61. The lowest BCUT2D eigenvalue weighted by Crippen LogP contribution is -2.42. The monoisotopic (exact) mass is 418 g/mol. The van der Waals surface area contributed by atoms with E-state index in [-0.39, 0.29) is 16.9 Å². The summed E-state index contributed by atoms with van der Waals surface area (Å²) >= 11 is 0. The molecule has 7 nitrogen and oxygen atoms in total. The Morgan fingerprint density at radius 2 is 1.93 bits per heavy atom. The SMILES string of the molecule is C[C@H](NS(=O)(=O)c1cc(C(=O)Nc2ccc(F)c(C#N)c2)n(C)c1)C(F)(F)F. The van der Waals surface area contributed by atoms with E-state index in [2.05, 4.69) is 5.32 Å². The van der Waals surface area contributed by atoms with Gasteiger partial charge in [0.2, 0.25) is 10.0 Å². The second-order valence-electron chi connectivity index (χ2n) is 5.82. The van der Waals surface area contributed by atoms with Crippen LogP contribution in [0.3, 0.4) is 0 Å². The number of aromatic nitrogens is 1. The Balaban J connectivity index is 2.26. The van der Waals surface area contributed by atoms with Gasteiger partial charge in [0.05, 0.1) is 5.56 Å². The zero-order valence-electron chi connectivity index (χ0n) is 14.5. The van der Waals surface area contributed by atoms with Gasteiger partial charge in [0.1, 0.15) is 28.5 Å². The summed E-state index contributed by atoms with van der Waals surface area (Å²) in [5.41, 5.74) is -0.404. The van der Waals surface area contributed by atoms with Crippen molar-refractivity contribution in [2.75, 3.05) is 5.32 Å². The molecule has 0 spiro atoms. The molecule has 0 bridgehead atoms. The summed E-state index contributed by atoms with van der Waals surface area (Å²) in [5.74, 6) is -1.58. The third kappa shape index (κ3) is 4.68. The summed E-state index contributed by atoms with van der Waals surface area (Å²) in [7, 11) is -3.20. The summed E-state index contributed by atoms with van der Waals surface area (Å²) in [5, 5.41) is 11.2. The van der Waals surface area contributed by atoms with Gasteiger partial charge in [-0.2, -0.15) is 23.2 Å². The molecule has 0 saturated carbocycles. The first-order valence-corrected chi connectivity index (χ1v) is 9.10. The van der Waals surface area contributed by atoms with Crippen molar-refractivity contribution >= 4 is 21.6 Å². The fourth-order valence-corrected chi connectivity index (χ4v) is 3.46. The van der Waals surface area contributed by atoms with E-state index in [0.29, 0.717) is 6.92 Å². The van der Waals surface area contributed by atoms with Gasteiger partial charge in [-0.1, -0.05) is 0 Å². The normalized spacial score (nSPS) is 13.0. The van der Waals surface area contributed by atoms with Crippen LogP contribution >= 0.6 is 0 Å². The summed E-state index contributed by atoms with van der Waals surface area (Å²) in [6, 6.07) is 3.43. The first kappa shape index (κ1) is 21.4. The maximum atomic E-state index is 13.3. The molecule has 0 aliphatic rings. The van der Waals surface area contributed by atoms with Crippen LogP contribution < -0.4 is 10.0 Å². The molecule has 1 heterocycles. The number of benzene rings is 1. The Hall–Kier alpha value is -2.91. The predicted octanol–water partition coefficient (Wildman–Crippen LogP) is 2.52. The third-order valence-electron chi connectivity index (χ3n) is 3.69. The van der Waals surface area contributed by atoms with Gasteiger partial charge >= 0.3 is 6.18 Å². The number of nitrogens with one attached hydrogen (secondary N) is 2. The third-order valence-corrected chi connectivity index (χ3v) is 5.20. The molecule has 0 fully saturated rings. The number of carbonyl (C=O) groups excluding carboxylic acids is 1. The van der Waals surface area contributed by atoms with E-state index in [4.69, 9.17) is 5.26 Å². The van der Waals surface area contributed by atoms with Gasteiger partial charge < -0.3 is 9.88 Å². The van der Waals surface area contributed by atoms with Crippen LogP contribution in [0.5, 0.6) is 0 Å². The van der Waals surface area contributed by atoms with Crippen LogP contribution in [0.25, 0.3) is 0 Å². The highest BCUT2D eigenvalue weighted by Crippen LogP contribution is 2.23. The number of carbonyl (C=O) groups is 1. The van der Waals surface area contributed by atoms with Crippen molar-refractivity contribution in [3.8, 4) is 6.07 Å². The van der Waals surface area contributed by atoms with E-state index in [1.807, 2.05) is 0 Å². The van der Waals surface area contributed by atoms with Crippen molar-refractivity contribution < 1.29 is 30.8 Å². The lowest BCUT2D eigenvalue weighted by atomic mass is 10.2. The highest BCUT2D eigenvalue weighted by Gasteiger charge is 2.39. The van der Waals surface area contributed by atoms with E-state index < -0.39 is 38.9 Å². The van der Waals surface area contributed by atoms with Gasteiger partial charge in [0.25, 0.3) is 5.91 Å². The lowest BCUT2D eigenvalue weighted by molar-refractivity contribution is -0.147. The molecule has 0 radical (unpaired) electrons. The molecule has 150 valence electrons. The number of anilines is 1. The number of hydrogen-bond donors (Lipinski definition) is 2. The molecular formula is C16H14F4N4O3S.